The fraction of sp³-hybridized carbons (Fsp3) is 0.500. The number of hydrogen-bond acceptors (Lipinski definition) is 3. The van der Waals surface area contributed by atoms with E-state index in [-0.39, 0.29) is 17.9 Å². The van der Waals surface area contributed by atoms with Crippen molar-refractivity contribution in [2.75, 3.05) is 6.54 Å². The number of nitrogens with one attached hydrogen (secondary N) is 2. The second-order valence-corrected chi connectivity index (χ2v) is 8.00. The molecule has 0 spiro atoms. The summed E-state index contributed by atoms with van der Waals surface area (Å²) in [5.41, 5.74) is 4.04. The van der Waals surface area contributed by atoms with E-state index >= 15 is 0 Å². The Kier molecular flexibility index (Phi) is 6.49. The SMILES string of the molecule is Cc1ccc(CCC(=O)NC[C@@H]2CCn3ncc(C(=O)NC(C)C)c3C2)cc1. The van der Waals surface area contributed by atoms with Crippen molar-refractivity contribution in [2.45, 2.75) is 59.0 Å². The van der Waals surface area contributed by atoms with Gasteiger partial charge in [0.25, 0.3) is 5.91 Å². The summed E-state index contributed by atoms with van der Waals surface area (Å²) < 4.78 is 1.92. The zero-order valence-corrected chi connectivity index (χ0v) is 17.0. The Morgan fingerprint density at radius 3 is 2.71 bits per heavy atom. The average Bonchev–Trinajstić information content (AvgIpc) is 3.08. The normalized spacial score (nSPS) is 15.9. The van der Waals surface area contributed by atoms with Crippen LogP contribution in [0.1, 0.15) is 53.9 Å². The van der Waals surface area contributed by atoms with E-state index in [0.29, 0.717) is 24.4 Å². The first-order valence-electron chi connectivity index (χ1n) is 10.1. The van der Waals surface area contributed by atoms with Crippen LogP contribution in [0.5, 0.6) is 0 Å². The van der Waals surface area contributed by atoms with Gasteiger partial charge in [-0.15, -0.1) is 0 Å². The van der Waals surface area contributed by atoms with Gasteiger partial charge < -0.3 is 10.6 Å². The summed E-state index contributed by atoms with van der Waals surface area (Å²) in [5, 5.41) is 10.4. The molecule has 0 saturated carbocycles. The Balaban J connectivity index is 1.49. The van der Waals surface area contributed by atoms with Crippen molar-refractivity contribution in [3.8, 4) is 0 Å². The molecular weight excluding hydrogens is 352 g/mol. The molecule has 2 N–H and O–H groups in total. The molecule has 150 valence electrons. The van der Waals surface area contributed by atoms with Gasteiger partial charge in [-0.05, 0) is 51.5 Å². The van der Waals surface area contributed by atoms with Crippen LogP contribution >= 0.6 is 0 Å². The lowest BCUT2D eigenvalue weighted by Gasteiger charge is -2.24. The molecule has 1 atom stereocenters. The standard InChI is InChI=1S/C22H30N4O2/c1-15(2)25-22(28)19-14-24-26-11-10-18(12-20(19)26)13-23-21(27)9-8-17-6-4-16(3)5-7-17/h4-7,14-15,18H,8-13H2,1-3H3,(H,23,27)(H,25,28)/t18-/m1/s1. The number of amides is 2. The summed E-state index contributed by atoms with van der Waals surface area (Å²) >= 11 is 0. The van der Waals surface area contributed by atoms with Crippen LogP contribution < -0.4 is 10.6 Å². The molecule has 0 radical (unpaired) electrons. The molecular formula is C22H30N4O2. The zero-order chi connectivity index (χ0) is 20.1. The smallest absolute Gasteiger partial charge is 0.254 e. The molecule has 0 unspecified atom stereocenters. The highest BCUT2D eigenvalue weighted by Crippen LogP contribution is 2.22. The number of benzene rings is 1. The van der Waals surface area contributed by atoms with Gasteiger partial charge in [0.2, 0.25) is 5.91 Å². The monoisotopic (exact) mass is 382 g/mol. The molecule has 0 fully saturated rings. The van der Waals surface area contributed by atoms with Gasteiger partial charge in [-0.3, -0.25) is 14.3 Å². The lowest BCUT2D eigenvalue weighted by atomic mass is 9.94. The number of carbonyl (C=O) groups excluding carboxylic acids is 2. The van der Waals surface area contributed by atoms with E-state index in [9.17, 15) is 9.59 Å². The number of carbonyl (C=O) groups is 2. The Bertz CT molecular complexity index is 824. The fourth-order valence-corrected chi connectivity index (χ4v) is 3.56. The Morgan fingerprint density at radius 2 is 2.00 bits per heavy atom. The molecule has 2 heterocycles. The third kappa shape index (κ3) is 5.21. The van der Waals surface area contributed by atoms with Crippen LogP contribution in [0.25, 0.3) is 0 Å². The first-order chi connectivity index (χ1) is 13.4. The van der Waals surface area contributed by atoms with E-state index in [1.165, 1.54) is 11.1 Å². The topological polar surface area (TPSA) is 76.0 Å². The molecule has 2 amide bonds. The fourth-order valence-electron chi connectivity index (χ4n) is 3.56. The van der Waals surface area contributed by atoms with Crippen LogP contribution in [0.3, 0.4) is 0 Å². The molecule has 2 aromatic rings. The van der Waals surface area contributed by atoms with Crippen LogP contribution in [-0.2, 0) is 24.2 Å². The maximum absolute atomic E-state index is 12.4. The summed E-state index contributed by atoms with van der Waals surface area (Å²) in [6, 6.07) is 8.40. The molecule has 6 heteroatoms. The number of rotatable bonds is 7. The number of aryl methyl sites for hydroxylation is 3. The van der Waals surface area contributed by atoms with Crippen LogP contribution in [-0.4, -0.2) is 34.2 Å². The van der Waals surface area contributed by atoms with E-state index < -0.39 is 0 Å². The first kappa shape index (κ1) is 20.1. The Morgan fingerprint density at radius 1 is 1.25 bits per heavy atom. The molecule has 1 aliphatic rings. The molecule has 0 bridgehead atoms. The van der Waals surface area contributed by atoms with E-state index in [4.69, 9.17) is 0 Å². The number of aromatic nitrogens is 2. The van der Waals surface area contributed by atoms with Crippen LogP contribution in [0, 0.1) is 12.8 Å². The lowest BCUT2D eigenvalue weighted by Crippen LogP contribution is -2.35. The van der Waals surface area contributed by atoms with Gasteiger partial charge in [0.1, 0.15) is 0 Å². The minimum atomic E-state index is -0.0703. The van der Waals surface area contributed by atoms with Gasteiger partial charge in [-0.25, -0.2) is 0 Å². The molecule has 1 aromatic heterocycles. The third-order valence-corrected chi connectivity index (χ3v) is 5.19. The van der Waals surface area contributed by atoms with E-state index in [1.807, 2.05) is 18.5 Å². The van der Waals surface area contributed by atoms with Crippen molar-refractivity contribution in [1.29, 1.82) is 0 Å². The summed E-state index contributed by atoms with van der Waals surface area (Å²) in [6.07, 6.45) is 4.63. The second-order valence-electron chi connectivity index (χ2n) is 8.00. The number of hydrogen-bond donors (Lipinski definition) is 2. The summed E-state index contributed by atoms with van der Waals surface area (Å²) in [7, 11) is 0. The highest BCUT2D eigenvalue weighted by molar-refractivity contribution is 5.95. The number of fused-ring (bicyclic) bond motifs is 1. The highest BCUT2D eigenvalue weighted by atomic mass is 16.2. The van der Waals surface area contributed by atoms with Crippen molar-refractivity contribution >= 4 is 11.8 Å². The largest absolute Gasteiger partial charge is 0.356 e. The highest BCUT2D eigenvalue weighted by Gasteiger charge is 2.25. The van der Waals surface area contributed by atoms with Crippen LogP contribution in [0.2, 0.25) is 0 Å². The van der Waals surface area contributed by atoms with Crippen molar-refractivity contribution in [3.63, 3.8) is 0 Å². The molecule has 6 nitrogen and oxygen atoms in total. The molecule has 0 saturated heterocycles. The first-order valence-corrected chi connectivity index (χ1v) is 10.1. The third-order valence-electron chi connectivity index (χ3n) is 5.19. The maximum atomic E-state index is 12.4. The van der Waals surface area contributed by atoms with E-state index in [0.717, 1.165) is 31.5 Å². The molecule has 1 aliphatic heterocycles. The summed E-state index contributed by atoms with van der Waals surface area (Å²) in [6.45, 7) is 7.38. The van der Waals surface area contributed by atoms with E-state index in [2.05, 4.69) is 46.9 Å². The molecule has 3 rings (SSSR count). The van der Waals surface area contributed by atoms with Crippen molar-refractivity contribution in [1.82, 2.24) is 20.4 Å². The minimum absolute atomic E-state index is 0.0703. The summed E-state index contributed by atoms with van der Waals surface area (Å²) in [4.78, 5) is 24.6. The second kappa shape index (κ2) is 9.04. The van der Waals surface area contributed by atoms with Crippen molar-refractivity contribution < 1.29 is 9.59 Å². The lowest BCUT2D eigenvalue weighted by molar-refractivity contribution is -0.121. The Labute approximate surface area is 166 Å². The Hall–Kier alpha value is -2.63. The summed E-state index contributed by atoms with van der Waals surface area (Å²) in [5.74, 6) is 0.342. The van der Waals surface area contributed by atoms with Crippen LogP contribution in [0.15, 0.2) is 30.5 Å². The van der Waals surface area contributed by atoms with Gasteiger partial charge in [0.05, 0.1) is 17.5 Å². The molecule has 1 aromatic carbocycles. The van der Waals surface area contributed by atoms with E-state index in [1.54, 1.807) is 6.20 Å². The van der Waals surface area contributed by atoms with Crippen LogP contribution in [0.4, 0.5) is 0 Å². The average molecular weight is 383 g/mol. The zero-order valence-electron chi connectivity index (χ0n) is 17.0. The maximum Gasteiger partial charge on any atom is 0.254 e. The van der Waals surface area contributed by atoms with Gasteiger partial charge in [-0.2, -0.15) is 5.10 Å². The predicted octanol–water partition coefficient (Wildman–Crippen LogP) is 2.64. The van der Waals surface area contributed by atoms with Gasteiger partial charge in [0.15, 0.2) is 0 Å². The predicted molar refractivity (Wildman–Crippen MR) is 109 cm³/mol. The van der Waals surface area contributed by atoms with Gasteiger partial charge in [0, 0.05) is 25.6 Å². The van der Waals surface area contributed by atoms with Gasteiger partial charge >= 0.3 is 0 Å². The minimum Gasteiger partial charge on any atom is -0.356 e. The van der Waals surface area contributed by atoms with Crippen molar-refractivity contribution in [2.24, 2.45) is 5.92 Å². The molecule has 28 heavy (non-hydrogen) atoms. The molecule has 0 aliphatic carbocycles. The quantitative estimate of drug-likeness (QED) is 0.773. The van der Waals surface area contributed by atoms with Gasteiger partial charge in [-0.1, -0.05) is 29.8 Å². The van der Waals surface area contributed by atoms with Crippen molar-refractivity contribution in [3.05, 3.63) is 52.8 Å². The number of nitrogens with zero attached hydrogens (tertiary/aromatic N) is 2.